The molecule has 4 nitrogen and oxygen atoms in total. The lowest BCUT2D eigenvalue weighted by atomic mass is 10.3. The fraction of sp³-hybridized carbons (Fsp3) is 0.333. The van der Waals surface area contributed by atoms with Crippen molar-refractivity contribution in [3.05, 3.63) is 24.3 Å². The van der Waals surface area contributed by atoms with Gasteiger partial charge in [0.2, 0.25) is 11.9 Å². The Morgan fingerprint density at radius 3 is 2.79 bits per heavy atom. The normalized spacial score (nSPS) is 12.2. The van der Waals surface area contributed by atoms with Crippen LogP contribution in [-0.4, -0.2) is 24.0 Å². The number of pyridine rings is 1. The molecule has 0 aliphatic heterocycles. The average Bonchev–Trinajstić information content (AvgIpc) is 2.20. The van der Waals surface area contributed by atoms with Crippen LogP contribution in [0.3, 0.4) is 0 Å². The van der Waals surface area contributed by atoms with E-state index in [1.807, 2.05) is 0 Å². The zero-order valence-electron chi connectivity index (χ0n) is 8.04. The van der Waals surface area contributed by atoms with E-state index in [0.29, 0.717) is 5.69 Å². The summed E-state index contributed by atoms with van der Waals surface area (Å²) >= 11 is 0. The lowest BCUT2D eigenvalue weighted by Gasteiger charge is -2.10. The molecule has 0 aliphatic carbocycles. The van der Waals surface area contributed by atoms with Gasteiger partial charge in [-0.25, -0.2) is 4.98 Å². The third kappa shape index (κ3) is 2.77. The number of carbonyl (C=O) groups is 1. The van der Waals surface area contributed by atoms with Crippen molar-refractivity contribution in [1.29, 1.82) is 0 Å². The Morgan fingerprint density at radius 2 is 2.29 bits per heavy atom. The Balaban J connectivity index is 2.60. The topological polar surface area (TPSA) is 54.0 Å². The Hall–Kier alpha value is -1.49. The number of likely N-dealkylation sites (N-methyl/N-ethyl adjacent to an activating group) is 1. The zero-order valence-corrected chi connectivity index (χ0v) is 8.04. The maximum atomic E-state index is 12.4. The van der Waals surface area contributed by atoms with Gasteiger partial charge >= 0.3 is 0 Å². The zero-order chi connectivity index (χ0) is 10.6. The monoisotopic (exact) mass is 197 g/mol. The first-order chi connectivity index (χ1) is 6.63. The number of hydrogen-bond donors (Lipinski definition) is 2. The number of nitrogens with zero attached hydrogens (tertiary/aromatic N) is 1. The highest BCUT2D eigenvalue weighted by Gasteiger charge is 2.09. The van der Waals surface area contributed by atoms with Gasteiger partial charge in [0.05, 0.1) is 17.9 Å². The molecule has 0 radical (unpaired) electrons. The van der Waals surface area contributed by atoms with Crippen LogP contribution in [0.2, 0.25) is 0 Å². The summed E-state index contributed by atoms with van der Waals surface area (Å²) in [5.41, 5.74) is 0.485. The van der Waals surface area contributed by atoms with Gasteiger partial charge in [0.1, 0.15) is 0 Å². The van der Waals surface area contributed by atoms with E-state index < -0.39 is 5.95 Å². The molecule has 0 bridgehead atoms. The van der Waals surface area contributed by atoms with Gasteiger partial charge in [-0.05, 0) is 26.1 Å². The maximum Gasteiger partial charge on any atom is 0.241 e. The smallest absolute Gasteiger partial charge is 0.241 e. The van der Waals surface area contributed by atoms with Crippen molar-refractivity contribution in [2.24, 2.45) is 0 Å². The van der Waals surface area contributed by atoms with Crippen LogP contribution in [0.15, 0.2) is 18.3 Å². The molecule has 1 amide bonds. The van der Waals surface area contributed by atoms with Gasteiger partial charge in [-0.1, -0.05) is 0 Å². The molecule has 1 atom stereocenters. The van der Waals surface area contributed by atoms with Gasteiger partial charge in [0.15, 0.2) is 0 Å². The molecule has 14 heavy (non-hydrogen) atoms. The van der Waals surface area contributed by atoms with Gasteiger partial charge in [-0.2, -0.15) is 4.39 Å². The largest absolute Gasteiger partial charge is 0.323 e. The summed E-state index contributed by atoms with van der Waals surface area (Å²) in [6, 6.07) is 2.36. The van der Waals surface area contributed by atoms with Gasteiger partial charge in [0, 0.05) is 0 Å². The summed E-state index contributed by atoms with van der Waals surface area (Å²) in [6.45, 7) is 1.73. The summed E-state index contributed by atoms with van der Waals surface area (Å²) in [7, 11) is 1.69. The van der Waals surface area contributed by atoms with Crippen molar-refractivity contribution in [1.82, 2.24) is 10.3 Å². The quantitative estimate of drug-likeness (QED) is 0.703. The van der Waals surface area contributed by atoms with E-state index in [1.54, 1.807) is 14.0 Å². The molecule has 1 rings (SSSR count). The van der Waals surface area contributed by atoms with Gasteiger partial charge in [0.25, 0.3) is 0 Å². The van der Waals surface area contributed by atoms with Crippen LogP contribution in [0, 0.1) is 5.95 Å². The van der Waals surface area contributed by atoms with Crippen LogP contribution in [0.25, 0.3) is 0 Å². The third-order valence-corrected chi connectivity index (χ3v) is 1.82. The number of amides is 1. The van der Waals surface area contributed by atoms with Crippen LogP contribution in [0.4, 0.5) is 10.1 Å². The predicted molar refractivity (Wildman–Crippen MR) is 51.3 cm³/mol. The second kappa shape index (κ2) is 4.66. The number of hydrogen-bond acceptors (Lipinski definition) is 3. The summed E-state index contributed by atoms with van der Waals surface area (Å²) in [5.74, 6) is -0.745. The first-order valence-corrected chi connectivity index (χ1v) is 4.23. The lowest BCUT2D eigenvalue weighted by Crippen LogP contribution is -2.35. The molecule has 0 aromatic carbocycles. The van der Waals surface area contributed by atoms with E-state index in [1.165, 1.54) is 18.3 Å². The molecule has 1 unspecified atom stereocenters. The van der Waals surface area contributed by atoms with Crippen LogP contribution in [0.5, 0.6) is 0 Å². The maximum absolute atomic E-state index is 12.4. The van der Waals surface area contributed by atoms with Crippen molar-refractivity contribution < 1.29 is 9.18 Å². The Labute approximate surface area is 81.5 Å². The molecule has 1 heterocycles. The molecule has 2 N–H and O–H groups in total. The minimum absolute atomic E-state index is 0.180. The van der Waals surface area contributed by atoms with Crippen molar-refractivity contribution in [2.75, 3.05) is 12.4 Å². The highest BCUT2D eigenvalue weighted by Crippen LogP contribution is 2.05. The molecule has 0 aliphatic rings. The second-order valence-electron chi connectivity index (χ2n) is 2.87. The van der Waals surface area contributed by atoms with Crippen molar-refractivity contribution in [2.45, 2.75) is 13.0 Å². The minimum atomic E-state index is -0.565. The first kappa shape index (κ1) is 10.6. The second-order valence-corrected chi connectivity index (χ2v) is 2.87. The predicted octanol–water partition coefficient (Wildman–Crippen LogP) is 0.767. The van der Waals surface area contributed by atoms with Gasteiger partial charge < -0.3 is 10.6 Å². The number of halogens is 1. The van der Waals surface area contributed by atoms with E-state index in [-0.39, 0.29) is 11.9 Å². The highest BCUT2D eigenvalue weighted by molar-refractivity contribution is 5.94. The molecule has 0 spiro atoms. The summed E-state index contributed by atoms with van der Waals surface area (Å²) in [4.78, 5) is 14.7. The molecule has 76 valence electrons. The molecular weight excluding hydrogens is 185 g/mol. The van der Waals surface area contributed by atoms with Gasteiger partial charge in [-0.15, -0.1) is 0 Å². The van der Waals surface area contributed by atoms with E-state index in [9.17, 15) is 9.18 Å². The van der Waals surface area contributed by atoms with Crippen LogP contribution >= 0.6 is 0 Å². The average molecular weight is 197 g/mol. The number of nitrogens with one attached hydrogen (secondary N) is 2. The Bertz CT molecular complexity index is 312. The van der Waals surface area contributed by atoms with Gasteiger partial charge in [-0.3, -0.25) is 4.79 Å². The van der Waals surface area contributed by atoms with Crippen molar-refractivity contribution >= 4 is 11.6 Å². The standard InChI is InChI=1S/C9H12FN3O/c1-6(11-2)9(14)13-7-3-4-8(10)12-5-7/h3-6,11H,1-2H3,(H,13,14). The third-order valence-electron chi connectivity index (χ3n) is 1.82. The molecule has 5 heteroatoms. The summed E-state index contributed by atoms with van der Waals surface area (Å²) < 4.78 is 12.4. The number of rotatable bonds is 3. The van der Waals surface area contributed by atoms with E-state index in [2.05, 4.69) is 15.6 Å². The number of carbonyl (C=O) groups excluding carboxylic acids is 1. The molecule has 1 aromatic rings. The number of anilines is 1. The molecule has 0 saturated heterocycles. The lowest BCUT2D eigenvalue weighted by molar-refractivity contribution is -0.117. The fourth-order valence-corrected chi connectivity index (χ4v) is 0.831. The van der Waals surface area contributed by atoms with Crippen LogP contribution in [0.1, 0.15) is 6.92 Å². The van der Waals surface area contributed by atoms with Crippen molar-refractivity contribution in [3.63, 3.8) is 0 Å². The van der Waals surface area contributed by atoms with E-state index in [4.69, 9.17) is 0 Å². The highest BCUT2D eigenvalue weighted by atomic mass is 19.1. The SMILES string of the molecule is CNC(C)C(=O)Nc1ccc(F)nc1. The molecular formula is C9H12FN3O. The minimum Gasteiger partial charge on any atom is -0.323 e. The Kier molecular flexibility index (Phi) is 3.53. The fourth-order valence-electron chi connectivity index (χ4n) is 0.831. The van der Waals surface area contributed by atoms with E-state index in [0.717, 1.165) is 0 Å². The van der Waals surface area contributed by atoms with E-state index >= 15 is 0 Å². The van der Waals surface area contributed by atoms with Crippen LogP contribution < -0.4 is 10.6 Å². The molecule has 0 fully saturated rings. The first-order valence-electron chi connectivity index (χ1n) is 4.23. The molecule has 0 saturated carbocycles. The van der Waals surface area contributed by atoms with Crippen LogP contribution in [-0.2, 0) is 4.79 Å². The Morgan fingerprint density at radius 1 is 1.57 bits per heavy atom. The van der Waals surface area contributed by atoms with Crippen molar-refractivity contribution in [3.8, 4) is 0 Å². The molecule has 1 aromatic heterocycles. The number of aromatic nitrogens is 1. The summed E-state index contributed by atoms with van der Waals surface area (Å²) in [5, 5.41) is 5.38. The summed E-state index contributed by atoms with van der Waals surface area (Å²) in [6.07, 6.45) is 1.27.